The third kappa shape index (κ3) is 3.55. The van der Waals surface area contributed by atoms with Crippen molar-refractivity contribution in [2.24, 2.45) is 0 Å². The topological polar surface area (TPSA) is 47.6 Å². The van der Waals surface area contributed by atoms with Crippen LogP contribution in [0.25, 0.3) is 0 Å². The number of nitrogens with one attached hydrogen (secondary N) is 1. The summed E-state index contributed by atoms with van der Waals surface area (Å²) >= 11 is 3.38. The highest BCUT2D eigenvalue weighted by Crippen LogP contribution is 2.30. The number of aryl methyl sites for hydroxylation is 1. The van der Waals surface area contributed by atoms with Crippen molar-refractivity contribution < 1.29 is 14.3 Å². The predicted octanol–water partition coefficient (Wildman–Crippen LogP) is 4.03. The third-order valence-electron chi connectivity index (χ3n) is 3.09. The first-order valence-electron chi connectivity index (χ1n) is 6.34. The van der Waals surface area contributed by atoms with E-state index in [9.17, 15) is 4.79 Å². The lowest BCUT2D eigenvalue weighted by Crippen LogP contribution is -2.13. The Morgan fingerprint density at radius 3 is 2.43 bits per heavy atom. The van der Waals surface area contributed by atoms with Crippen LogP contribution in [0.5, 0.6) is 11.5 Å². The number of ether oxygens (including phenoxy) is 2. The zero-order valence-electron chi connectivity index (χ0n) is 12.1. The Labute approximate surface area is 132 Å². The molecule has 0 radical (unpaired) electrons. The molecule has 2 aromatic carbocycles. The van der Waals surface area contributed by atoms with E-state index in [0.717, 1.165) is 10.0 Å². The molecule has 0 aliphatic heterocycles. The van der Waals surface area contributed by atoms with Crippen LogP contribution in [0.15, 0.2) is 40.9 Å². The van der Waals surface area contributed by atoms with Crippen molar-refractivity contribution in [2.75, 3.05) is 19.5 Å². The molecule has 0 aliphatic carbocycles. The van der Waals surface area contributed by atoms with E-state index in [4.69, 9.17) is 9.47 Å². The second-order valence-corrected chi connectivity index (χ2v) is 5.40. The molecule has 0 spiro atoms. The fourth-order valence-corrected chi connectivity index (χ4v) is 2.31. The standard InChI is InChI=1S/C16H16BrNO3/c1-10-4-5-11(17)8-13(10)16(19)18-12-6-7-14(20-2)15(9-12)21-3/h4-9H,1-3H3,(H,18,19). The molecule has 1 N–H and O–H groups in total. The molecule has 110 valence electrons. The van der Waals surface area contributed by atoms with Crippen LogP contribution in [0.4, 0.5) is 5.69 Å². The molecule has 1 amide bonds. The molecule has 0 heterocycles. The second-order valence-electron chi connectivity index (χ2n) is 4.48. The lowest BCUT2D eigenvalue weighted by molar-refractivity contribution is 0.102. The van der Waals surface area contributed by atoms with E-state index in [1.54, 1.807) is 38.5 Å². The molecular weight excluding hydrogens is 334 g/mol. The number of carbonyl (C=O) groups excluding carboxylic acids is 1. The second kappa shape index (κ2) is 6.63. The highest BCUT2D eigenvalue weighted by molar-refractivity contribution is 9.10. The molecule has 2 rings (SSSR count). The Kier molecular flexibility index (Phi) is 4.85. The molecule has 0 saturated heterocycles. The van der Waals surface area contributed by atoms with Gasteiger partial charge >= 0.3 is 0 Å². The molecule has 0 atom stereocenters. The molecule has 5 heteroatoms. The lowest BCUT2D eigenvalue weighted by Gasteiger charge is -2.11. The van der Waals surface area contributed by atoms with Gasteiger partial charge < -0.3 is 14.8 Å². The summed E-state index contributed by atoms with van der Waals surface area (Å²) in [5.41, 5.74) is 2.19. The highest BCUT2D eigenvalue weighted by atomic mass is 79.9. The molecule has 0 fully saturated rings. The number of hydrogen-bond donors (Lipinski definition) is 1. The quantitative estimate of drug-likeness (QED) is 0.906. The van der Waals surface area contributed by atoms with E-state index in [2.05, 4.69) is 21.2 Å². The summed E-state index contributed by atoms with van der Waals surface area (Å²) in [6.45, 7) is 1.90. The number of carbonyl (C=O) groups is 1. The van der Waals surface area contributed by atoms with Gasteiger partial charge in [0.05, 0.1) is 14.2 Å². The maximum absolute atomic E-state index is 12.3. The van der Waals surface area contributed by atoms with E-state index in [1.165, 1.54) is 0 Å². The minimum absolute atomic E-state index is 0.166. The van der Waals surface area contributed by atoms with Crippen molar-refractivity contribution in [3.05, 3.63) is 52.0 Å². The number of benzene rings is 2. The van der Waals surface area contributed by atoms with E-state index in [1.807, 2.05) is 19.1 Å². The van der Waals surface area contributed by atoms with Crippen LogP contribution in [0.1, 0.15) is 15.9 Å². The van der Waals surface area contributed by atoms with E-state index >= 15 is 0 Å². The van der Waals surface area contributed by atoms with E-state index in [0.29, 0.717) is 22.7 Å². The Morgan fingerprint density at radius 2 is 1.76 bits per heavy atom. The number of amides is 1. The average molecular weight is 350 g/mol. The molecule has 0 saturated carbocycles. The summed E-state index contributed by atoms with van der Waals surface area (Å²) in [5, 5.41) is 2.86. The Hall–Kier alpha value is -2.01. The molecule has 0 bridgehead atoms. The number of rotatable bonds is 4. The zero-order chi connectivity index (χ0) is 15.4. The van der Waals surface area contributed by atoms with Crippen LogP contribution in [0, 0.1) is 6.92 Å². The molecule has 0 unspecified atom stereocenters. The predicted molar refractivity (Wildman–Crippen MR) is 86.4 cm³/mol. The summed E-state index contributed by atoms with van der Waals surface area (Å²) in [4.78, 5) is 12.3. The first-order chi connectivity index (χ1) is 10.0. The normalized spacial score (nSPS) is 10.1. The molecule has 4 nitrogen and oxygen atoms in total. The van der Waals surface area contributed by atoms with Gasteiger partial charge in [-0.15, -0.1) is 0 Å². The largest absolute Gasteiger partial charge is 0.493 e. The number of hydrogen-bond acceptors (Lipinski definition) is 3. The Morgan fingerprint density at radius 1 is 1.05 bits per heavy atom. The van der Waals surface area contributed by atoms with Crippen LogP contribution in [0.2, 0.25) is 0 Å². The van der Waals surface area contributed by atoms with Crippen molar-refractivity contribution in [3.63, 3.8) is 0 Å². The minimum Gasteiger partial charge on any atom is -0.493 e. The summed E-state index contributed by atoms with van der Waals surface area (Å²) < 4.78 is 11.3. The summed E-state index contributed by atoms with van der Waals surface area (Å²) in [6.07, 6.45) is 0. The summed E-state index contributed by atoms with van der Waals surface area (Å²) in [5.74, 6) is 1.02. The van der Waals surface area contributed by atoms with Gasteiger partial charge in [-0.2, -0.15) is 0 Å². The van der Waals surface area contributed by atoms with Crippen LogP contribution < -0.4 is 14.8 Å². The SMILES string of the molecule is COc1ccc(NC(=O)c2cc(Br)ccc2C)cc1OC. The molecular formula is C16H16BrNO3. The Balaban J connectivity index is 2.25. The highest BCUT2D eigenvalue weighted by Gasteiger charge is 2.11. The van der Waals surface area contributed by atoms with Gasteiger partial charge in [0.2, 0.25) is 0 Å². The van der Waals surface area contributed by atoms with Crippen LogP contribution >= 0.6 is 15.9 Å². The fourth-order valence-electron chi connectivity index (χ4n) is 1.95. The van der Waals surface area contributed by atoms with Crippen molar-refractivity contribution in [1.82, 2.24) is 0 Å². The van der Waals surface area contributed by atoms with E-state index in [-0.39, 0.29) is 5.91 Å². The fraction of sp³-hybridized carbons (Fsp3) is 0.188. The summed E-state index contributed by atoms with van der Waals surface area (Å²) in [6, 6.07) is 10.8. The average Bonchev–Trinajstić information content (AvgIpc) is 2.49. The Bertz CT molecular complexity index is 671. The lowest BCUT2D eigenvalue weighted by atomic mass is 10.1. The van der Waals surface area contributed by atoms with Gasteiger partial charge in [0.25, 0.3) is 5.91 Å². The van der Waals surface area contributed by atoms with Crippen molar-refractivity contribution in [2.45, 2.75) is 6.92 Å². The first kappa shape index (κ1) is 15.4. The van der Waals surface area contributed by atoms with Crippen molar-refractivity contribution >= 4 is 27.5 Å². The molecule has 0 aliphatic rings. The molecule has 2 aromatic rings. The molecule has 21 heavy (non-hydrogen) atoms. The number of anilines is 1. The number of halogens is 1. The van der Waals surface area contributed by atoms with Gasteiger partial charge in [-0.25, -0.2) is 0 Å². The minimum atomic E-state index is -0.166. The van der Waals surface area contributed by atoms with Gasteiger partial charge in [-0.05, 0) is 36.8 Å². The van der Waals surface area contributed by atoms with Crippen molar-refractivity contribution in [1.29, 1.82) is 0 Å². The zero-order valence-corrected chi connectivity index (χ0v) is 13.7. The van der Waals surface area contributed by atoms with Gasteiger partial charge in [0, 0.05) is 21.8 Å². The first-order valence-corrected chi connectivity index (χ1v) is 7.14. The van der Waals surface area contributed by atoms with Crippen LogP contribution in [0.3, 0.4) is 0 Å². The monoisotopic (exact) mass is 349 g/mol. The maximum Gasteiger partial charge on any atom is 0.255 e. The van der Waals surface area contributed by atoms with Crippen LogP contribution in [-0.2, 0) is 0 Å². The van der Waals surface area contributed by atoms with Crippen molar-refractivity contribution in [3.8, 4) is 11.5 Å². The van der Waals surface area contributed by atoms with Gasteiger partial charge in [0.15, 0.2) is 11.5 Å². The third-order valence-corrected chi connectivity index (χ3v) is 3.58. The van der Waals surface area contributed by atoms with Gasteiger partial charge in [-0.1, -0.05) is 22.0 Å². The van der Waals surface area contributed by atoms with E-state index < -0.39 is 0 Å². The summed E-state index contributed by atoms with van der Waals surface area (Å²) in [7, 11) is 3.13. The van der Waals surface area contributed by atoms with Gasteiger partial charge in [0.1, 0.15) is 0 Å². The maximum atomic E-state index is 12.3. The number of methoxy groups -OCH3 is 2. The van der Waals surface area contributed by atoms with Crippen LogP contribution in [-0.4, -0.2) is 20.1 Å². The van der Waals surface area contributed by atoms with Gasteiger partial charge in [-0.3, -0.25) is 4.79 Å². The smallest absolute Gasteiger partial charge is 0.255 e. The molecule has 0 aromatic heterocycles.